The molecule has 0 radical (unpaired) electrons. The molecule has 2 unspecified atom stereocenters. The van der Waals surface area contributed by atoms with Gasteiger partial charge in [0.15, 0.2) is 0 Å². The van der Waals surface area contributed by atoms with Gasteiger partial charge in [0.05, 0.1) is 6.10 Å². The van der Waals surface area contributed by atoms with E-state index in [2.05, 4.69) is 0 Å². The highest BCUT2D eigenvalue weighted by Crippen LogP contribution is 2.16. The molecule has 1 N–H and O–H groups in total. The summed E-state index contributed by atoms with van der Waals surface area (Å²) in [7, 11) is 0. The van der Waals surface area contributed by atoms with E-state index in [1.54, 1.807) is 12.2 Å². The third-order valence-corrected chi connectivity index (χ3v) is 2.48. The van der Waals surface area contributed by atoms with Gasteiger partial charge in [0, 0.05) is 0 Å². The predicted octanol–water partition coefficient (Wildman–Crippen LogP) is 2.42. The summed E-state index contributed by atoms with van der Waals surface area (Å²) in [6.07, 6.45) is -4.00. The van der Waals surface area contributed by atoms with Gasteiger partial charge in [-0.1, -0.05) is 27.2 Å². The number of hydrogen-bond donors (Lipinski definition) is 1. The average Bonchev–Trinajstić information content (AvgIpc) is 2.23. The van der Waals surface area contributed by atoms with Gasteiger partial charge in [0.2, 0.25) is 0 Å². The van der Waals surface area contributed by atoms with E-state index in [4.69, 9.17) is 4.74 Å². The van der Waals surface area contributed by atoms with Crippen molar-refractivity contribution in [1.82, 2.24) is 5.32 Å². The zero-order valence-electron chi connectivity index (χ0n) is 11.5. The van der Waals surface area contributed by atoms with Crippen molar-refractivity contribution in [3.8, 4) is 0 Å². The third kappa shape index (κ3) is 6.45. The fraction of sp³-hybridized carbons (Fsp3) is 0.833. The van der Waals surface area contributed by atoms with Crippen LogP contribution >= 0.6 is 0 Å². The van der Waals surface area contributed by atoms with Crippen LogP contribution in [0.15, 0.2) is 0 Å². The van der Waals surface area contributed by atoms with Crippen molar-refractivity contribution in [1.29, 1.82) is 0 Å². The van der Waals surface area contributed by atoms with E-state index in [1.165, 1.54) is 13.8 Å². The third-order valence-electron chi connectivity index (χ3n) is 2.48. The van der Waals surface area contributed by atoms with Crippen molar-refractivity contribution >= 4 is 11.9 Å². The Hall–Kier alpha value is -1.27. The Morgan fingerprint density at radius 1 is 1.21 bits per heavy atom. The first kappa shape index (κ1) is 17.7. The van der Waals surface area contributed by atoms with Crippen LogP contribution < -0.4 is 5.32 Å². The van der Waals surface area contributed by atoms with Gasteiger partial charge in [0.25, 0.3) is 0 Å². The van der Waals surface area contributed by atoms with Crippen molar-refractivity contribution < 1.29 is 27.5 Å². The first-order valence-electron chi connectivity index (χ1n) is 6.17. The van der Waals surface area contributed by atoms with Crippen molar-refractivity contribution in [2.24, 2.45) is 5.92 Å². The molecule has 0 rings (SSSR count). The Balaban J connectivity index is 4.65. The van der Waals surface area contributed by atoms with Crippen molar-refractivity contribution in [3.63, 3.8) is 0 Å². The van der Waals surface area contributed by atoms with Gasteiger partial charge in [-0.15, -0.1) is 0 Å². The minimum atomic E-state index is -5.01. The molecule has 4 nitrogen and oxygen atoms in total. The molecule has 0 aromatic carbocycles. The number of nitrogens with one attached hydrogen (secondary N) is 1. The monoisotopic (exact) mass is 283 g/mol. The molecule has 1 amide bonds. The zero-order chi connectivity index (χ0) is 15.2. The van der Waals surface area contributed by atoms with Crippen molar-refractivity contribution in [2.45, 2.75) is 58.9 Å². The van der Waals surface area contributed by atoms with Crippen LogP contribution in [0.2, 0.25) is 0 Å². The molecule has 0 aliphatic rings. The van der Waals surface area contributed by atoms with Gasteiger partial charge in [-0.05, 0) is 19.3 Å². The van der Waals surface area contributed by atoms with Crippen molar-refractivity contribution in [3.05, 3.63) is 0 Å². The molecule has 19 heavy (non-hydrogen) atoms. The summed E-state index contributed by atoms with van der Waals surface area (Å²) in [5.74, 6) is -3.47. The Morgan fingerprint density at radius 2 is 1.74 bits per heavy atom. The molecular weight excluding hydrogens is 263 g/mol. The van der Waals surface area contributed by atoms with Gasteiger partial charge in [-0.3, -0.25) is 4.79 Å². The summed E-state index contributed by atoms with van der Waals surface area (Å²) in [4.78, 5) is 22.6. The van der Waals surface area contributed by atoms with Crippen LogP contribution in [-0.2, 0) is 14.3 Å². The number of rotatable bonds is 6. The van der Waals surface area contributed by atoms with Crippen LogP contribution in [0.25, 0.3) is 0 Å². The Morgan fingerprint density at radius 3 is 2.11 bits per heavy atom. The second-order valence-corrected chi connectivity index (χ2v) is 4.73. The average molecular weight is 283 g/mol. The van der Waals surface area contributed by atoms with Crippen LogP contribution in [0.4, 0.5) is 13.2 Å². The lowest BCUT2D eigenvalue weighted by molar-refractivity contribution is -0.177. The lowest BCUT2D eigenvalue weighted by Crippen LogP contribution is -2.50. The minimum Gasteiger partial charge on any atom is -0.461 e. The van der Waals surface area contributed by atoms with Crippen molar-refractivity contribution in [2.75, 3.05) is 0 Å². The Kier molecular flexibility index (Phi) is 6.86. The highest BCUT2D eigenvalue weighted by atomic mass is 19.4. The molecule has 0 bridgehead atoms. The Labute approximate surface area is 110 Å². The largest absolute Gasteiger partial charge is 0.471 e. The second-order valence-electron chi connectivity index (χ2n) is 4.73. The molecule has 0 aliphatic heterocycles. The summed E-state index contributed by atoms with van der Waals surface area (Å²) in [6.45, 7) is 6.63. The molecular formula is C12H20F3NO3. The topological polar surface area (TPSA) is 55.4 Å². The molecule has 0 aliphatic carbocycles. The molecule has 0 aromatic heterocycles. The predicted molar refractivity (Wildman–Crippen MR) is 63.3 cm³/mol. The number of carbonyl (C=O) groups excluding carboxylic acids is 2. The first-order valence-corrected chi connectivity index (χ1v) is 6.17. The first-order chi connectivity index (χ1) is 8.59. The number of halogens is 3. The smallest absolute Gasteiger partial charge is 0.461 e. The SMILES string of the molecule is CCCC(C)OC(=O)C(NC(=O)C(F)(F)F)C(C)C. The number of amides is 1. The molecule has 0 spiro atoms. The number of carbonyl (C=O) groups is 2. The van der Waals surface area contributed by atoms with Gasteiger partial charge < -0.3 is 10.1 Å². The number of hydrogen-bond acceptors (Lipinski definition) is 3. The number of alkyl halides is 3. The quantitative estimate of drug-likeness (QED) is 0.762. The molecule has 112 valence electrons. The molecule has 2 atom stereocenters. The lowest BCUT2D eigenvalue weighted by Gasteiger charge is -2.23. The lowest BCUT2D eigenvalue weighted by atomic mass is 10.0. The maximum atomic E-state index is 12.2. The molecule has 0 heterocycles. The maximum absolute atomic E-state index is 12.2. The zero-order valence-corrected chi connectivity index (χ0v) is 11.5. The number of ether oxygens (including phenoxy) is 1. The highest BCUT2D eigenvalue weighted by molar-refractivity contribution is 5.87. The van der Waals surface area contributed by atoms with E-state index in [-0.39, 0.29) is 6.10 Å². The summed E-state index contributed by atoms with van der Waals surface area (Å²) in [5.41, 5.74) is 0. The standard InChI is InChI=1S/C12H20F3NO3/c1-5-6-8(4)19-10(17)9(7(2)3)16-11(18)12(13,14)15/h7-9H,5-6H2,1-4H3,(H,16,18). The van der Waals surface area contributed by atoms with Crippen LogP contribution in [0.5, 0.6) is 0 Å². The van der Waals surface area contributed by atoms with E-state index in [0.717, 1.165) is 6.42 Å². The molecule has 0 saturated heterocycles. The second kappa shape index (κ2) is 7.35. The molecule has 0 fully saturated rings. The summed E-state index contributed by atoms with van der Waals surface area (Å²) in [6, 6.07) is -1.30. The normalized spacial score (nSPS) is 14.9. The van der Waals surface area contributed by atoms with E-state index >= 15 is 0 Å². The van der Waals surface area contributed by atoms with E-state index in [1.807, 2.05) is 6.92 Å². The van der Waals surface area contributed by atoms with Crippen LogP contribution in [0.3, 0.4) is 0 Å². The van der Waals surface area contributed by atoms with Crippen LogP contribution in [0.1, 0.15) is 40.5 Å². The van der Waals surface area contributed by atoms with Gasteiger partial charge in [-0.2, -0.15) is 13.2 Å². The van der Waals surface area contributed by atoms with Crippen LogP contribution in [0, 0.1) is 5.92 Å². The molecule has 0 aromatic rings. The molecule has 0 saturated carbocycles. The fourth-order valence-corrected chi connectivity index (χ4v) is 1.46. The summed E-state index contributed by atoms with van der Waals surface area (Å²) >= 11 is 0. The molecule has 7 heteroatoms. The van der Waals surface area contributed by atoms with Gasteiger partial charge in [0.1, 0.15) is 6.04 Å². The number of esters is 1. The van der Waals surface area contributed by atoms with E-state index in [9.17, 15) is 22.8 Å². The van der Waals surface area contributed by atoms with Gasteiger partial charge >= 0.3 is 18.1 Å². The highest BCUT2D eigenvalue weighted by Gasteiger charge is 2.41. The van der Waals surface area contributed by atoms with E-state index in [0.29, 0.717) is 6.42 Å². The van der Waals surface area contributed by atoms with Gasteiger partial charge in [-0.25, -0.2) is 4.79 Å². The Bertz CT molecular complexity index is 316. The van der Waals surface area contributed by atoms with E-state index < -0.39 is 30.0 Å². The summed E-state index contributed by atoms with van der Waals surface area (Å²) in [5, 5.41) is 1.67. The minimum absolute atomic E-state index is 0.387. The summed E-state index contributed by atoms with van der Waals surface area (Å²) < 4.78 is 41.5. The van der Waals surface area contributed by atoms with Crippen LogP contribution in [-0.4, -0.2) is 30.2 Å². The maximum Gasteiger partial charge on any atom is 0.471 e. The fourth-order valence-electron chi connectivity index (χ4n) is 1.46.